The summed E-state index contributed by atoms with van der Waals surface area (Å²) in [5.74, 6) is 0.0655. The second-order valence-electron chi connectivity index (χ2n) is 5.20. The average Bonchev–Trinajstić information content (AvgIpc) is 3.22. The lowest BCUT2D eigenvalue weighted by Gasteiger charge is -2.03. The van der Waals surface area contributed by atoms with Crippen LogP contribution in [0, 0.1) is 5.82 Å². The van der Waals surface area contributed by atoms with Crippen molar-refractivity contribution in [1.29, 1.82) is 0 Å². The molecule has 1 saturated carbocycles. The summed E-state index contributed by atoms with van der Waals surface area (Å²) >= 11 is 2.84. The lowest BCUT2D eigenvalue weighted by Crippen LogP contribution is -2.27. The van der Waals surface area contributed by atoms with Gasteiger partial charge in [-0.05, 0) is 25.0 Å². The van der Waals surface area contributed by atoms with Gasteiger partial charge < -0.3 is 5.32 Å². The van der Waals surface area contributed by atoms with Crippen LogP contribution in [-0.2, 0) is 4.79 Å². The molecule has 0 atom stereocenters. The van der Waals surface area contributed by atoms with Crippen LogP contribution < -0.4 is 5.32 Å². The molecule has 1 amide bonds. The molecule has 22 heavy (non-hydrogen) atoms. The van der Waals surface area contributed by atoms with Gasteiger partial charge >= 0.3 is 0 Å². The molecule has 0 spiro atoms. The molecular formula is C15H12FN3OS2. The number of aromatic nitrogens is 2. The van der Waals surface area contributed by atoms with E-state index in [9.17, 15) is 9.18 Å². The van der Waals surface area contributed by atoms with Crippen LogP contribution in [0.25, 0.3) is 20.3 Å². The van der Waals surface area contributed by atoms with Crippen molar-refractivity contribution >= 4 is 49.3 Å². The molecule has 0 saturated heterocycles. The number of rotatable bonds is 4. The Balaban J connectivity index is 1.67. The molecule has 7 heteroatoms. The minimum Gasteiger partial charge on any atom is -0.353 e. The van der Waals surface area contributed by atoms with Crippen molar-refractivity contribution < 1.29 is 9.18 Å². The Labute approximate surface area is 134 Å². The van der Waals surface area contributed by atoms with Gasteiger partial charge in [-0.25, -0.2) is 14.4 Å². The maximum Gasteiger partial charge on any atom is 0.230 e. The molecule has 3 aromatic rings. The van der Waals surface area contributed by atoms with Crippen molar-refractivity contribution in [1.82, 2.24) is 15.3 Å². The minimum absolute atomic E-state index is 0.0200. The van der Waals surface area contributed by atoms with Gasteiger partial charge in [0.1, 0.15) is 17.2 Å². The molecule has 0 bridgehead atoms. The van der Waals surface area contributed by atoms with Crippen molar-refractivity contribution in [3.8, 4) is 0 Å². The zero-order chi connectivity index (χ0) is 15.1. The summed E-state index contributed by atoms with van der Waals surface area (Å²) in [5, 5.41) is 4.22. The van der Waals surface area contributed by atoms with Gasteiger partial charge in [0, 0.05) is 10.7 Å². The first-order chi connectivity index (χ1) is 10.7. The molecule has 1 aliphatic carbocycles. The molecule has 1 aliphatic rings. The van der Waals surface area contributed by atoms with E-state index in [0.29, 0.717) is 22.7 Å². The van der Waals surface area contributed by atoms with Gasteiger partial charge in [-0.1, -0.05) is 17.8 Å². The van der Waals surface area contributed by atoms with E-state index in [1.54, 1.807) is 6.07 Å². The third kappa shape index (κ3) is 2.55. The number of amides is 1. The monoisotopic (exact) mass is 333 g/mol. The Morgan fingerprint density at radius 2 is 2.27 bits per heavy atom. The van der Waals surface area contributed by atoms with Crippen LogP contribution in [0.2, 0.25) is 0 Å². The summed E-state index contributed by atoms with van der Waals surface area (Å²) in [6.45, 7) is 0. The standard InChI is InChI=1S/C15H12FN3OS2/c16-9-2-1-3-10-12(9)13-14(22-10)15(18-7-17-13)21-6-11(20)19-8-4-5-8/h1-3,7-8H,4-6H2,(H,19,20). The second-order valence-corrected chi connectivity index (χ2v) is 7.22. The van der Waals surface area contributed by atoms with Gasteiger partial charge in [0.15, 0.2) is 0 Å². The predicted molar refractivity (Wildman–Crippen MR) is 86.8 cm³/mol. The predicted octanol–water partition coefficient (Wildman–Crippen LogP) is 3.35. The van der Waals surface area contributed by atoms with Gasteiger partial charge in [-0.3, -0.25) is 4.79 Å². The first kappa shape index (κ1) is 13.9. The zero-order valence-electron chi connectivity index (χ0n) is 11.5. The molecule has 1 aromatic carbocycles. The van der Waals surface area contributed by atoms with Gasteiger partial charge in [0.2, 0.25) is 5.91 Å². The van der Waals surface area contributed by atoms with Crippen LogP contribution in [0.1, 0.15) is 12.8 Å². The third-order valence-corrected chi connectivity index (χ3v) is 5.75. The van der Waals surface area contributed by atoms with Gasteiger partial charge in [-0.2, -0.15) is 0 Å². The Bertz CT molecular complexity index is 876. The number of nitrogens with zero attached hydrogens (tertiary/aromatic N) is 2. The van der Waals surface area contributed by atoms with E-state index >= 15 is 0 Å². The molecule has 2 aromatic heterocycles. The fourth-order valence-electron chi connectivity index (χ4n) is 2.29. The summed E-state index contributed by atoms with van der Waals surface area (Å²) in [6, 6.07) is 5.36. The van der Waals surface area contributed by atoms with E-state index in [0.717, 1.165) is 27.3 Å². The summed E-state index contributed by atoms with van der Waals surface area (Å²) in [6.07, 6.45) is 3.58. The molecule has 1 fully saturated rings. The van der Waals surface area contributed by atoms with E-state index < -0.39 is 0 Å². The SMILES string of the molecule is O=C(CSc1ncnc2c1sc1cccc(F)c12)NC1CC1. The molecule has 0 unspecified atom stereocenters. The van der Waals surface area contributed by atoms with Crippen LogP contribution in [0.15, 0.2) is 29.6 Å². The highest BCUT2D eigenvalue weighted by atomic mass is 32.2. The first-order valence-corrected chi connectivity index (χ1v) is 8.76. The number of hydrogen-bond donors (Lipinski definition) is 1. The van der Waals surface area contributed by atoms with E-state index in [1.807, 2.05) is 6.07 Å². The van der Waals surface area contributed by atoms with E-state index in [1.165, 1.54) is 35.5 Å². The second kappa shape index (κ2) is 5.48. The van der Waals surface area contributed by atoms with E-state index in [2.05, 4.69) is 15.3 Å². The maximum atomic E-state index is 14.0. The number of halogens is 1. The summed E-state index contributed by atoms with van der Waals surface area (Å²) < 4.78 is 15.7. The van der Waals surface area contributed by atoms with Crippen LogP contribution in [0.4, 0.5) is 4.39 Å². The molecule has 0 aliphatic heterocycles. The molecule has 4 rings (SSSR count). The van der Waals surface area contributed by atoms with Crippen LogP contribution >= 0.6 is 23.1 Å². The Morgan fingerprint density at radius 3 is 3.09 bits per heavy atom. The number of thiophene rings is 1. The Kier molecular flexibility index (Phi) is 3.46. The van der Waals surface area contributed by atoms with Crippen LogP contribution in [-0.4, -0.2) is 27.7 Å². The van der Waals surface area contributed by atoms with Crippen molar-refractivity contribution in [2.75, 3.05) is 5.75 Å². The summed E-state index contributed by atoms with van der Waals surface area (Å²) in [4.78, 5) is 20.3. The minimum atomic E-state index is -0.273. The Hall–Kier alpha value is -1.73. The topological polar surface area (TPSA) is 54.9 Å². The number of hydrogen-bond acceptors (Lipinski definition) is 5. The van der Waals surface area contributed by atoms with E-state index in [-0.39, 0.29) is 11.7 Å². The fraction of sp³-hybridized carbons (Fsp3) is 0.267. The molecule has 0 radical (unpaired) electrons. The number of carbonyl (C=O) groups excluding carboxylic acids is 1. The molecule has 112 valence electrons. The number of thioether (sulfide) groups is 1. The summed E-state index contributed by atoms with van der Waals surface area (Å²) in [7, 11) is 0. The average molecular weight is 333 g/mol. The largest absolute Gasteiger partial charge is 0.353 e. The number of fused-ring (bicyclic) bond motifs is 3. The van der Waals surface area contributed by atoms with E-state index in [4.69, 9.17) is 0 Å². The normalized spacial score (nSPS) is 14.6. The van der Waals surface area contributed by atoms with Gasteiger partial charge in [0.05, 0.1) is 21.4 Å². The number of carbonyl (C=O) groups is 1. The summed E-state index contributed by atoms with van der Waals surface area (Å²) in [5.41, 5.74) is 0.623. The number of benzene rings is 1. The highest BCUT2D eigenvalue weighted by Crippen LogP contribution is 2.38. The lowest BCUT2D eigenvalue weighted by molar-refractivity contribution is -0.118. The Morgan fingerprint density at radius 1 is 1.41 bits per heavy atom. The maximum absolute atomic E-state index is 14.0. The molecule has 1 N–H and O–H groups in total. The highest BCUT2D eigenvalue weighted by molar-refractivity contribution is 8.00. The quantitative estimate of drug-likeness (QED) is 0.588. The smallest absolute Gasteiger partial charge is 0.230 e. The third-order valence-electron chi connectivity index (χ3n) is 3.48. The van der Waals surface area contributed by atoms with Gasteiger partial charge in [0.25, 0.3) is 0 Å². The molecule has 4 nitrogen and oxygen atoms in total. The number of nitrogens with one attached hydrogen (secondary N) is 1. The first-order valence-electron chi connectivity index (χ1n) is 6.96. The van der Waals surface area contributed by atoms with Crippen molar-refractivity contribution in [2.24, 2.45) is 0 Å². The zero-order valence-corrected chi connectivity index (χ0v) is 13.1. The van der Waals surface area contributed by atoms with Crippen molar-refractivity contribution in [2.45, 2.75) is 23.9 Å². The van der Waals surface area contributed by atoms with Crippen LogP contribution in [0.3, 0.4) is 0 Å². The highest BCUT2D eigenvalue weighted by Gasteiger charge is 2.23. The fourth-order valence-corrected chi connectivity index (χ4v) is 4.35. The van der Waals surface area contributed by atoms with Crippen molar-refractivity contribution in [3.05, 3.63) is 30.3 Å². The van der Waals surface area contributed by atoms with Gasteiger partial charge in [-0.15, -0.1) is 11.3 Å². The molecular weight excluding hydrogens is 321 g/mol. The van der Waals surface area contributed by atoms with Crippen molar-refractivity contribution in [3.63, 3.8) is 0 Å². The van der Waals surface area contributed by atoms with Crippen LogP contribution in [0.5, 0.6) is 0 Å². The molecule has 2 heterocycles. The lowest BCUT2D eigenvalue weighted by atomic mass is 10.2.